The van der Waals surface area contributed by atoms with E-state index in [1.165, 1.54) is 18.2 Å². The highest BCUT2D eigenvalue weighted by atomic mass is 19.1. The first-order chi connectivity index (χ1) is 13.4. The standard InChI is InChI=1S/C21H27F2N3O2/c1-5-13-10-11-21(6-2,20(27)26(3)28-4)19-14(13)12-17(24-25-19)18-15(22)8-7-9-16(18)23/h8,12-13H,5-7,9-11H2,1-4H3/t13-,21-/m0/s1. The van der Waals surface area contributed by atoms with Crippen molar-refractivity contribution in [2.24, 2.45) is 0 Å². The number of rotatable bonds is 5. The predicted molar refractivity (Wildman–Crippen MR) is 102 cm³/mol. The fourth-order valence-corrected chi connectivity index (χ4v) is 4.36. The second-order valence-corrected chi connectivity index (χ2v) is 7.47. The van der Waals surface area contributed by atoms with Crippen LogP contribution in [-0.4, -0.2) is 35.3 Å². The topological polar surface area (TPSA) is 55.3 Å². The third kappa shape index (κ3) is 3.26. The molecule has 2 atom stereocenters. The number of carbonyl (C=O) groups is 1. The zero-order valence-electron chi connectivity index (χ0n) is 16.9. The van der Waals surface area contributed by atoms with Crippen LogP contribution < -0.4 is 0 Å². The molecule has 5 nitrogen and oxygen atoms in total. The van der Waals surface area contributed by atoms with Crippen LogP contribution in [0.4, 0.5) is 8.78 Å². The van der Waals surface area contributed by atoms with E-state index in [1.807, 2.05) is 6.92 Å². The van der Waals surface area contributed by atoms with Gasteiger partial charge < -0.3 is 0 Å². The minimum Gasteiger partial charge on any atom is -0.275 e. The summed E-state index contributed by atoms with van der Waals surface area (Å²) in [6, 6.07) is 1.73. The summed E-state index contributed by atoms with van der Waals surface area (Å²) in [6.45, 7) is 4.01. The molecule has 0 fully saturated rings. The zero-order chi connectivity index (χ0) is 20.5. The maximum atomic E-state index is 14.3. The van der Waals surface area contributed by atoms with Gasteiger partial charge in [-0.2, -0.15) is 10.2 Å². The Morgan fingerprint density at radius 3 is 2.71 bits per heavy atom. The molecule has 0 aliphatic heterocycles. The number of fused-ring (bicyclic) bond motifs is 1. The number of allylic oxidation sites excluding steroid dienone is 4. The number of hydroxylamine groups is 2. The lowest BCUT2D eigenvalue weighted by Gasteiger charge is -2.40. The SMILES string of the molecule is CC[C@H]1CC[C@](CC)(C(=O)N(C)OC)c2nnc(C3=C(F)CCC=C3F)cc21. The molecule has 3 rings (SSSR count). The number of carbonyl (C=O) groups excluding carboxylic acids is 1. The number of hydrogen-bond acceptors (Lipinski definition) is 4. The molecular weight excluding hydrogens is 364 g/mol. The highest BCUT2D eigenvalue weighted by Gasteiger charge is 2.47. The lowest BCUT2D eigenvalue weighted by atomic mass is 9.66. The van der Waals surface area contributed by atoms with Crippen molar-refractivity contribution in [2.45, 2.75) is 63.7 Å². The van der Waals surface area contributed by atoms with Gasteiger partial charge in [0.1, 0.15) is 11.7 Å². The van der Waals surface area contributed by atoms with Crippen molar-refractivity contribution >= 4 is 11.5 Å². The maximum Gasteiger partial charge on any atom is 0.258 e. The zero-order valence-corrected chi connectivity index (χ0v) is 16.9. The molecule has 1 heterocycles. The highest BCUT2D eigenvalue weighted by Crippen LogP contribution is 2.47. The van der Waals surface area contributed by atoms with Crippen LogP contribution in [-0.2, 0) is 15.0 Å². The van der Waals surface area contributed by atoms with E-state index >= 15 is 0 Å². The van der Waals surface area contributed by atoms with Crippen molar-refractivity contribution in [1.29, 1.82) is 0 Å². The van der Waals surface area contributed by atoms with Crippen molar-refractivity contribution in [3.8, 4) is 0 Å². The monoisotopic (exact) mass is 391 g/mol. The van der Waals surface area contributed by atoms with Crippen LogP contribution in [0.5, 0.6) is 0 Å². The second kappa shape index (κ2) is 8.07. The summed E-state index contributed by atoms with van der Waals surface area (Å²) in [6.07, 6.45) is 4.72. The summed E-state index contributed by atoms with van der Waals surface area (Å²) in [4.78, 5) is 18.3. The Kier molecular flexibility index (Phi) is 5.93. The largest absolute Gasteiger partial charge is 0.275 e. The minimum absolute atomic E-state index is 0.107. The molecule has 0 aromatic carbocycles. The molecule has 0 spiro atoms. The van der Waals surface area contributed by atoms with Gasteiger partial charge in [0.2, 0.25) is 0 Å². The van der Waals surface area contributed by atoms with E-state index in [-0.39, 0.29) is 29.5 Å². The molecule has 0 unspecified atom stereocenters. The molecule has 28 heavy (non-hydrogen) atoms. The number of nitrogens with zero attached hydrogens (tertiary/aromatic N) is 3. The Morgan fingerprint density at radius 2 is 2.11 bits per heavy atom. The summed E-state index contributed by atoms with van der Waals surface area (Å²) >= 11 is 0. The van der Waals surface area contributed by atoms with E-state index in [1.54, 1.807) is 13.1 Å². The van der Waals surface area contributed by atoms with E-state index in [2.05, 4.69) is 17.1 Å². The van der Waals surface area contributed by atoms with Crippen LogP contribution in [0.1, 0.15) is 75.2 Å². The Hall–Kier alpha value is -2.15. The third-order valence-corrected chi connectivity index (χ3v) is 6.16. The van der Waals surface area contributed by atoms with Crippen LogP contribution in [0.2, 0.25) is 0 Å². The quantitative estimate of drug-likeness (QED) is 0.679. The molecule has 152 valence electrons. The molecule has 1 amide bonds. The van der Waals surface area contributed by atoms with Gasteiger partial charge in [0, 0.05) is 13.5 Å². The molecule has 1 aromatic heterocycles. The Balaban J connectivity index is 2.16. The Morgan fingerprint density at radius 1 is 1.36 bits per heavy atom. The lowest BCUT2D eigenvalue weighted by molar-refractivity contribution is -0.176. The summed E-state index contributed by atoms with van der Waals surface area (Å²) in [5, 5.41) is 9.75. The van der Waals surface area contributed by atoms with E-state index in [0.717, 1.165) is 18.4 Å². The van der Waals surface area contributed by atoms with Crippen molar-refractivity contribution < 1.29 is 18.4 Å². The minimum atomic E-state index is -0.842. The van der Waals surface area contributed by atoms with Gasteiger partial charge in [-0.25, -0.2) is 13.8 Å². The van der Waals surface area contributed by atoms with Gasteiger partial charge in [-0.1, -0.05) is 13.8 Å². The molecule has 7 heteroatoms. The average Bonchev–Trinajstić information content (AvgIpc) is 2.71. The number of hydrogen-bond donors (Lipinski definition) is 0. The average molecular weight is 391 g/mol. The number of aromatic nitrogens is 2. The van der Waals surface area contributed by atoms with Crippen LogP contribution in [0.25, 0.3) is 5.57 Å². The van der Waals surface area contributed by atoms with Crippen molar-refractivity contribution in [3.05, 3.63) is 40.7 Å². The summed E-state index contributed by atoms with van der Waals surface area (Å²) < 4.78 is 28.7. The predicted octanol–water partition coefficient (Wildman–Crippen LogP) is 4.76. The molecule has 0 saturated heterocycles. The fourth-order valence-electron chi connectivity index (χ4n) is 4.36. The molecule has 0 radical (unpaired) electrons. The fraction of sp³-hybridized carbons (Fsp3) is 0.571. The molecule has 1 aromatic rings. The number of halogens is 2. The van der Waals surface area contributed by atoms with Gasteiger partial charge >= 0.3 is 0 Å². The first-order valence-corrected chi connectivity index (χ1v) is 9.85. The smallest absolute Gasteiger partial charge is 0.258 e. The lowest BCUT2D eigenvalue weighted by Crippen LogP contribution is -2.48. The Bertz CT molecular complexity index is 837. The molecule has 2 aliphatic carbocycles. The molecule has 0 bridgehead atoms. The van der Waals surface area contributed by atoms with Crippen molar-refractivity contribution in [3.63, 3.8) is 0 Å². The van der Waals surface area contributed by atoms with E-state index in [0.29, 0.717) is 25.0 Å². The van der Waals surface area contributed by atoms with Gasteiger partial charge in [0.05, 0.1) is 29.5 Å². The summed E-state index contributed by atoms with van der Waals surface area (Å²) in [5.41, 5.74) is 0.710. The van der Waals surface area contributed by atoms with E-state index in [4.69, 9.17) is 4.84 Å². The van der Waals surface area contributed by atoms with E-state index < -0.39 is 17.1 Å². The Labute approximate surface area is 164 Å². The molecule has 0 N–H and O–H groups in total. The van der Waals surface area contributed by atoms with Gasteiger partial charge in [-0.3, -0.25) is 9.63 Å². The summed E-state index contributed by atoms with van der Waals surface area (Å²) in [5.74, 6) is -1.11. The molecule has 2 aliphatic rings. The maximum absolute atomic E-state index is 14.3. The molecule has 0 saturated carbocycles. The normalized spacial score (nSPS) is 24.6. The van der Waals surface area contributed by atoms with Crippen LogP contribution >= 0.6 is 0 Å². The molecular formula is C21H27F2N3O2. The van der Waals surface area contributed by atoms with Gasteiger partial charge in [0.15, 0.2) is 0 Å². The van der Waals surface area contributed by atoms with Crippen LogP contribution in [0, 0.1) is 0 Å². The van der Waals surface area contributed by atoms with E-state index in [9.17, 15) is 13.6 Å². The summed E-state index contributed by atoms with van der Waals surface area (Å²) in [7, 11) is 3.03. The van der Waals surface area contributed by atoms with Crippen LogP contribution in [0.15, 0.2) is 23.8 Å². The number of likely N-dealkylation sites (N-methyl/N-ethyl adjacent to an activating group) is 1. The van der Waals surface area contributed by atoms with Gasteiger partial charge in [-0.05, 0) is 55.7 Å². The van der Waals surface area contributed by atoms with Crippen molar-refractivity contribution in [1.82, 2.24) is 15.3 Å². The van der Waals surface area contributed by atoms with Gasteiger partial charge in [0.25, 0.3) is 5.91 Å². The first-order valence-electron chi connectivity index (χ1n) is 9.85. The van der Waals surface area contributed by atoms with Gasteiger partial charge in [-0.15, -0.1) is 0 Å². The highest BCUT2D eigenvalue weighted by molar-refractivity contribution is 5.88. The number of amides is 1. The third-order valence-electron chi connectivity index (χ3n) is 6.16. The second-order valence-electron chi connectivity index (χ2n) is 7.47. The van der Waals surface area contributed by atoms with Crippen LogP contribution in [0.3, 0.4) is 0 Å². The first kappa shape index (κ1) is 20.6. The van der Waals surface area contributed by atoms with Crippen molar-refractivity contribution in [2.75, 3.05) is 14.2 Å².